The highest BCUT2D eigenvalue weighted by molar-refractivity contribution is 5.90. The number of esters is 1. The van der Waals surface area contributed by atoms with Crippen LogP contribution >= 0.6 is 0 Å². The van der Waals surface area contributed by atoms with E-state index in [2.05, 4.69) is 4.98 Å². The Hall–Kier alpha value is -2.84. The Labute approximate surface area is 162 Å². The average Bonchev–Trinajstić information content (AvgIpc) is 3.12. The highest BCUT2D eigenvalue weighted by atomic mass is 16.5. The molecule has 0 N–H and O–H groups in total. The van der Waals surface area contributed by atoms with Crippen LogP contribution in [0.1, 0.15) is 49.5 Å². The molecule has 0 aromatic carbocycles. The third-order valence-electron chi connectivity index (χ3n) is 4.85. The van der Waals surface area contributed by atoms with Crippen molar-refractivity contribution < 1.29 is 19.1 Å². The van der Waals surface area contributed by atoms with Gasteiger partial charge in [-0.05, 0) is 25.7 Å². The highest BCUT2D eigenvalue weighted by Crippen LogP contribution is 2.16. The zero-order valence-corrected chi connectivity index (χ0v) is 16.3. The number of carbonyl (C=O) groups excluding carboxylic acids is 2. The molecule has 28 heavy (non-hydrogen) atoms. The van der Waals surface area contributed by atoms with Gasteiger partial charge < -0.3 is 18.9 Å². The van der Waals surface area contributed by atoms with Crippen LogP contribution in [0, 0.1) is 0 Å². The Morgan fingerprint density at radius 1 is 1.18 bits per heavy atom. The molecule has 152 valence electrons. The number of fused-ring (bicyclic) bond motifs is 1. The van der Waals surface area contributed by atoms with E-state index in [0.29, 0.717) is 6.61 Å². The first-order chi connectivity index (χ1) is 13.6. The van der Waals surface area contributed by atoms with Crippen molar-refractivity contribution in [1.29, 1.82) is 0 Å². The first-order valence-corrected chi connectivity index (χ1v) is 9.67. The van der Waals surface area contributed by atoms with Crippen LogP contribution in [0.5, 0.6) is 5.75 Å². The number of unbranched alkanes of at least 4 members (excludes halogenated alkanes) is 1. The lowest BCUT2D eigenvalue weighted by molar-refractivity contribution is -0.132. The first-order valence-electron chi connectivity index (χ1n) is 9.67. The van der Waals surface area contributed by atoms with Gasteiger partial charge in [0.2, 0.25) is 17.4 Å². The Morgan fingerprint density at radius 3 is 2.61 bits per heavy atom. The largest absolute Gasteiger partial charge is 0.486 e. The van der Waals surface area contributed by atoms with Crippen LogP contribution in [0.15, 0.2) is 17.2 Å². The van der Waals surface area contributed by atoms with E-state index in [9.17, 15) is 14.4 Å². The molecule has 0 bridgehead atoms. The van der Waals surface area contributed by atoms with Gasteiger partial charge in [-0.1, -0.05) is 13.3 Å². The predicted octanol–water partition coefficient (Wildman–Crippen LogP) is 1.47. The molecule has 0 spiro atoms. The van der Waals surface area contributed by atoms with E-state index < -0.39 is 11.5 Å². The molecular weight excluding hydrogens is 364 g/mol. The fraction of sp³-hybridized carbons (Fsp3) is 0.579. The lowest BCUT2D eigenvalue weighted by atomic mass is 10.1. The zero-order valence-electron chi connectivity index (χ0n) is 16.3. The van der Waals surface area contributed by atoms with Gasteiger partial charge in [-0.3, -0.25) is 9.59 Å². The van der Waals surface area contributed by atoms with Gasteiger partial charge in [-0.15, -0.1) is 0 Å². The highest BCUT2D eigenvalue weighted by Gasteiger charge is 2.24. The van der Waals surface area contributed by atoms with E-state index in [1.807, 2.05) is 11.8 Å². The standard InChI is InChI=1S/C19H26N4O5/c1-3-4-12-28-16-15(18(26)27-2)20-19-22(10-11-23(19)17(16)25)13-14(24)21-8-6-5-7-9-21/h10-11H,3-9,12-13H2,1-2H3. The molecule has 0 atom stereocenters. The minimum atomic E-state index is -0.749. The number of amides is 1. The van der Waals surface area contributed by atoms with Crippen LogP contribution < -0.4 is 10.3 Å². The van der Waals surface area contributed by atoms with Crippen LogP contribution in [0.2, 0.25) is 0 Å². The van der Waals surface area contributed by atoms with Crippen molar-refractivity contribution in [3.8, 4) is 5.75 Å². The summed E-state index contributed by atoms with van der Waals surface area (Å²) in [6.07, 6.45) is 7.91. The fourth-order valence-electron chi connectivity index (χ4n) is 3.25. The minimum Gasteiger partial charge on any atom is -0.486 e. The molecule has 0 aliphatic carbocycles. The third-order valence-corrected chi connectivity index (χ3v) is 4.85. The van der Waals surface area contributed by atoms with E-state index in [-0.39, 0.29) is 29.7 Å². The number of hydrogen-bond donors (Lipinski definition) is 0. The van der Waals surface area contributed by atoms with E-state index >= 15 is 0 Å². The number of hydrogen-bond acceptors (Lipinski definition) is 6. The number of methoxy groups -OCH3 is 1. The fourth-order valence-corrected chi connectivity index (χ4v) is 3.25. The monoisotopic (exact) mass is 390 g/mol. The molecule has 3 rings (SSSR count). The van der Waals surface area contributed by atoms with Gasteiger partial charge >= 0.3 is 11.5 Å². The quantitative estimate of drug-likeness (QED) is 0.525. The summed E-state index contributed by atoms with van der Waals surface area (Å²) >= 11 is 0. The van der Waals surface area contributed by atoms with Crippen molar-refractivity contribution in [1.82, 2.24) is 18.9 Å². The van der Waals surface area contributed by atoms with Crippen molar-refractivity contribution in [2.75, 3.05) is 26.8 Å². The molecule has 1 saturated heterocycles. The topological polar surface area (TPSA) is 95.1 Å². The molecule has 1 amide bonds. The molecule has 1 fully saturated rings. The van der Waals surface area contributed by atoms with Crippen molar-refractivity contribution in [2.45, 2.75) is 45.6 Å². The molecule has 3 heterocycles. The van der Waals surface area contributed by atoms with Gasteiger partial charge in [-0.2, -0.15) is 0 Å². The second-order valence-corrected chi connectivity index (χ2v) is 6.83. The Bertz CT molecular complexity index is 911. The van der Waals surface area contributed by atoms with Crippen LogP contribution in [0.25, 0.3) is 5.78 Å². The van der Waals surface area contributed by atoms with E-state index in [4.69, 9.17) is 9.47 Å². The lowest BCUT2D eigenvalue weighted by Crippen LogP contribution is -2.37. The summed E-state index contributed by atoms with van der Waals surface area (Å²) in [6, 6.07) is 0. The maximum Gasteiger partial charge on any atom is 0.360 e. The molecule has 9 nitrogen and oxygen atoms in total. The van der Waals surface area contributed by atoms with Crippen LogP contribution in [-0.2, 0) is 16.1 Å². The van der Waals surface area contributed by atoms with Crippen LogP contribution in [0.4, 0.5) is 0 Å². The summed E-state index contributed by atoms with van der Waals surface area (Å²) in [5.41, 5.74) is -0.667. The van der Waals surface area contributed by atoms with Gasteiger partial charge in [0.15, 0.2) is 5.69 Å². The summed E-state index contributed by atoms with van der Waals surface area (Å²) in [7, 11) is 1.22. The van der Waals surface area contributed by atoms with Gasteiger partial charge in [0.05, 0.1) is 13.7 Å². The van der Waals surface area contributed by atoms with Crippen LogP contribution in [0.3, 0.4) is 0 Å². The summed E-state index contributed by atoms with van der Waals surface area (Å²) in [5, 5.41) is 0. The summed E-state index contributed by atoms with van der Waals surface area (Å²) in [5.74, 6) is -0.701. The second kappa shape index (κ2) is 8.90. The number of aromatic nitrogens is 3. The molecule has 0 unspecified atom stereocenters. The number of nitrogens with zero attached hydrogens (tertiary/aromatic N) is 4. The Balaban J connectivity index is 1.95. The summed E-state index contributed by atoms with van der Waals surface area (Å²) in [4.78, 5) is 43.7. The number of likely N-dealkylation sites (tertiary alicyclic amines) is 1. The lowest BCUT2D eigenvalue weighted by Gasteiger charge is -2.26. The molecule has 1 aliphatic heterocycles. The van der Waals surface area contributed by atoms with Gasteiger partial charge in [0.1, 0.15) is 6.54 Å². The molecule has 9 heteroatoms. The minimum absolute atomic E-state index is 0.0325. The van der Waals surface area contributed by atoms with Gasteiger partial charge in [0, 0.05) is 25.5 Å². The number of carbonyl (C=O) groups is 2. The maximum atomic E-state index is 12.8. The van der Waals surface area contributed by atoms with E-state index in [0.717, 1.165) is 45.2 Å². The molecular formula is C19H26N4O5. The molecule has 2 aromatic heterocycles. The normalized spacial score (nSPS) is 14.3. The van der Waals surface area contributed by atoms with Crippen molar-refractivity contribution in [3.05, 3.63) is 28.4 Å². The maximum absolute atomic E-state index is 12.8. The smallest absolute Gasteiger partial charge is 0.360 e. The number of ether oxygens (including phenoxy) is 2. The average molecular weight is 390 g/mol. The van der Waals surface area contributed by atoms with Crippen molar-refractivity contribution in [2.24, 2.45) is 0 Å². The Morgan fingerprint density at radius 2 is 1.93 bits per heavy atom. The molecule has 0 saturated carbocycles. The first kappa shape index (κ1) is 19.9. The summed E-state index contributed by atoms with van der Waals surface area (Å²) < 4.78 is 13.2. The number of rotatable bonds is 7. The predicted molar refractivity (Wildman–Crippen MR) is 102 cm³/mol. The summed E-state index contributed by atoms with van der Waals surface area (Å²) in [6.45, 7) is 3.85. The molecule has 2 aromatic rings. The van der Waals surface area contributed by atoms with Crippen molar-refractivity contribution in [3.63, 3.8) is 0 Å². The van der Waals surface area contributed by atoms with Gasteiger partial charge in [-0.25, -0.2) is 14.2 Å². The SMILES string of the molecule is CCCCOc1c(C(=O)OC)nc2n(CC(=O)N3CCCCC3)ccn2c1=O. The second-order valence-electron chi connectivity index (χ2n) is 6.83. The third kappa shape index (κ3) is 4.02. The van der Waals surface area contributed by atoms with Gasteiger partial charge in [0.25, 0.3) is 0 Å². The van der Waals surface area contributed by atoms with E-state index in [1.54, 1.807) is 10.8 Å². The number of imidazole rings is 1. The zero-order chi connectivity index (χ0) is 20.1. The van der Waals surface area contributed by atoms with Crippen molar-refractivity contribution >= 4 is 17.7 Å². The molecule has 0 radical (unpaired) electrons. The van der Waals surface area contributed by atoms with E-state index in [1.165, 1.54) is 17.7 Å². The molecule has 1 aliphatic rings. The van der Waals surface area contributed by atoms with Crippen LogP contribution in [-0.4, -0.2) is 57.5 Å². The Kier molecular flexibility index (Phi) is 6.33. The number of piperidine rings is 1.